The highest BCUT2D eigenvalue weighted by Crippen LogP contribution is 2.51. The molecule has 0 fully saturated rings. The molecule has 0 aliphatic heterocycles. The van der Waals surface area contributed by atoms with E-state index in [1.807, 2.05) is 0 Å². The molecule has 0 aromatic carbocycles. The molecule has 0 unspecified atom stereocenters. The minimum absolute atomic E-state index is 0.844. The Kier molecular flexibility index (Phi) is 8.98. The van der Waals surface area contributed by atoms with E-state index >= 15 is 0 Å². The number of hydrogen-bond donors (Lipinski definition) is 5. The quantitative estimate of drug-likeness (QED) is 0.443. The average Bonchev–Trinajstić information content (AvgIpc) is 1.81. The van der Waals surface area contributed by atoms with Crippen LogP contribution in [0.3, 0.4) is 0 Å². The third-order valence-electron chi connectivity index (χ3n) is 0.926. The van der Waals surface area contributed by atoms with Crippen LogP contribution in [0.4, 0.5) is 0 Å². The maximum atomic E-state index is 9.85. The van der Waals surface area contributed by atoms with Crippen molar-refractivity contribution in [3.05, 3.63) is 0 Å². The first kappa shape index (κ1) is 16.7. The van der Waals surface area contributed by atoms with Crippen molar-refractivity contribution in [2.75, 3.05) is 12.4 Å². The van der Waals surface area contributed by atoms with Crippen molar-refractivity contribution < 1.29 is 28.7 Å². The highest BCUT2D eigenvalue weighted by atomic mass is 31.2. The Morgan fingerprint density at radius 3 is 1.43 bits per heavy atom. The summed E-state index contributed by atoms with van der Waals surface area (Å²) in [5.74, 6) is -1.38. The van der Waals surface area contributed by atoms with Gasteiger partial charge in [-0.05, 0) is 13.0 Å². The van der Waals surface area contributed by atoms with Gasteiger partial charge >= 0.3 is 15.2 Å². The fourth-order valence-electron chi connectivity index (χ4n) is 0.444. The number of nitrogens with two attached hydrogens (primary N) is 1. The van der Waals surface area contributed by atoms with E-state index in [1.54, 1.807) is 0 Å². The summed E-state index contributed by atoms with van der Waals surface area (Å²) >= 11 is 0. The minimum atomic E-state index is -4.55. The molecule has 14 heavy (non-hydrogen) atoms. The summed E-state index contributed by atoms with van der Waals surface area (Å²) in [6.07, 6.45) is 2.39. The predicted octanol–water partition coefficient (Wildman–Crippen LogP) is 0.0445. The second-order valence-corrected chi connectivity index (χ2v) is 6.40. The second-order valence-electron chi connectivity index (χ2n) is 2.61. The first-order valence-corrected chi connectivity index (χ1v) is 7.51. The fourth-order valence-corrected chi connectivity index (χ4v) is 2.36. The Morgan fingerprint density at radius 2 is 1.43 bits per heavy atom. The van der Waals surface area contributed by atoms with E-state index in [4.69, 9.17) is 25.3 Å². The number of hydrogen-bond acceptors (Lipinski definition) is 3. The van der Waals surface area contributed by atoms with Gasteiger partial charge in [-0.3, -0.25) is 9.13 Å². The largest absolute Gasteiger partial charge is 0.337 e. The molecule has 0 aromatic rings. The molecule has 0 radical (unpaired) electrons. The zero-order valence-corrected chi connectivity index (χ0v) is 9.69. The lowest BCUT2D eigenvalue weighted by atomic mass is 10.3. The van der Waals surface area contributed by atoms with Crippen molar-refractivity contribution in [3.63, 3.8) is 0 Å². The number of rotatable bonds is 4. The van der Waals surface area contributed by atoms with Gasteiger partial charge in [0.25, 0.3) is 0 Å². The first-order valence-electron chi connectivity index (χ1n) is 3.91. The summed E-state index contributed by atoms with van der Waals surface area (Å²) in [5.41, 5.74) is 5.14. The maximum absolute atomic E-state index is 9.85. The van der Waals surface area contributed by atoms with Crippen LogP contribution in [-0.4, -0.2) is 32.0 Å². The Balaban J connectivity index is 0. The molecule has 0 saturated heterocycles. The molecule has 0 rings (SSSR count). The van der Waals surface area contributed by atoms with Crippen LogP contribution in [0.25, 0.3) is 0 Å². The van der Waals surface area contributed by atoms with Crippen molar-refractivity contribution in [2.24, 2.45) is 5.73 Å². The first-order chi connectivity index (χ1) is 6.12. The Morgan fingerprint density at radius 1 is 1.07 bits per heavy atom. The fraction of sp³-hybridized carbons (Fsp3) is 1.00. The molecule has 0 heterocycles. The average molecular weight is 249 g/mol. The van der Waals surface area contributed by atoms with Crippen molar-refractivity contribution in [1.82, 2.24) is 0 Å². The maximum Gasteiger partial charge on any atom is 0.337 e. The number of unbranched alkanes of at least 4 members (excludes halogenated alkanes) is 1. The van der Waals surface area contributed by atoms with Crippen LogP contribution in [0.5, 0.6) is 0 Å². The molecule has 0 bridgehead atoms. The summed E-state index contributed by atoms with van der Waals surface area (Å²) in [4.78, 5) is 31.9. The zero-order chi connectivity index (χ0) is 11.8. The SMILES string of the molecule is CCCCN.O=P(O)(O)CP(=O)(O)O. The van der Waals surface area contributed by atoms with Crippen molar-refractivity contribution in [3.8, 4) is 0 Å². The smallest absolute Gasteiger partial charge is 0.330 e. The molecule has 9 heteroatoms. The van der Waals surface area contributed by atoms with E-state index in [2.05, 4.69) is 6.92 Å². The predicted molar refractivity (Wildman–Crippen MR) is 52.9 cm³/mol. The van der Waals surface area contributed by atoms with Gasteiger partial charge in [-0.2, -0.15) is 0 Å². The van der Waals surface area contributed by atoms with E-state index in [9.17, 15) is 9.13 Å². The van der Waals surface area contributed by atoms with Gasteiger partial charge in [0.1, 0.15) is 0 Å². The topological polar surface area (TPSA) is 141 Å². The van der Waals surface area contributed by atoms with Crippen LogP contribution < -0.4 is 5.73 Å². The van der Waals surface area contributed by atoms with Gasteiger partial charge in [-0.15, -0.1) is 0 Å². The normalized spacial score (nSPS) is 11.9. The van der Waals surface area contributed by atoms with E-state index in [0.29, 0.717) is 0 Å². The van der Waals surface area contributed by atoms with Crippen LogP contribution in [0.2, 0.25) is 0 Å². The summed E-state index contributed by atoms with van der Waals surface area (Å²) in [6.45, 7) is 2.98. The van der Waals surface area contributed by atoms with Gasteiger partial charge < -0.3 is 25.3 Å². The van der Waals surface area contributed by atoms with Crippen molar-refractivity contribution in [1.29, 1.82) is 0 Å². The molecular formula is C5H17NO6P2. The van der Waals surface area contributed by atoms with E-state index in [-0.39, 0.29) is 0 Å². The van der Waals surface area contributed by atoms with Crippen molar-refractivity contribution in [2.45, 2.75) is 19.8 Å². The van der Waals surface area contributed by atoms with E-state index in [0.717, 1.165) is 6.54 Å². The molecular weight excluding hydrogens is 232 g/mol. The third kappa shape index (κ3) is 22.8. The van der Waals surface area contributed by atoms with Gasteiger partial charge in [0.05, 0.1) is 0 Å². The second kappa shape index (κ2) is 7.54. The van der Waals surface area contributed by atoms with Crippen molar-refractivity contribution >= 4 is 15.2 Å². The molecule has 0 aliphatic rings. The molecule has 0 atom stereocenters. The highest BCUT2D eigenvalue weighted by molar-refractivity contribution is 7.69. The van der Waals surface area contributed by atoms with Crippen LogP contribution >= 0.6 is 15.2 Å². The van der Waals surface area contributed by atoms with Crippen LogP contribution in [-0.2, 0) is 9.13 Å². The van der Waals surface area contributed by atoms with Crippen LogP contribution in [0.1, 0.15) is 19.8 Å². The Bertz CT molecular complexity index is 198. The summed E-state index contributed by atoms with van der Waals surface area (Å²) < 4.78 is 19.7. The molecule has 7 nitrogen and oxygen atoms in total. The Labute approximate surface area is 82.6 Å². The minimum Gasteiger partial charge on any atom is -0.330 e. The lowest BCUT2D eigenvalue weighted by molar-refractivity contribution is 0.357. The van der Waals surface area contributed by atoms with Crippen LogP contribution in [0.15, 0.2) is 0 Å². The summed E-state index contributed by atoms with van der Waals surface area (Å²) in [7, 11) is -9.10. The molecule has 6 N–H and O–H groups in total. The van der Waals surface area contributed by atoms with Crippen LogP contribution in [0, 0.1) is 0 Å². The lowest BCUT2D eigenvalue weighted by Crippen LogP contribution is -1.95. The standard InChI is InChI=1S/C4H11N.CH6O6P2/c1-2-3-4-5;2-8(3,4)1-9(5,6)7/h2-5H2,1H3;1H2,(H2,2,3,4)(H2,5,6,7). The van der Waals surface area contributed by atoms with Gasteiger partial charge in [-0.1, -0.05) is 13.3 Å². The van der Waals surface area contributed by atoms with E-state index < -0.39 is 21.1 Å². The van der Waals surface area contributed by atoms with Gasteiger partial charge in [-0.25, -0.2) is 0 Å². The third-order valence-corrected chi connectivity index (χ3v) is 3.87. The molecule has 0 aliphatic carbocycles. The molecule has 0 spiro atoms. The zero-order valence-electron chi connectivity index (χ0n) is 7.91. The highest BCUT2D eigenvalue weighted by Gasteiger charge is 2.26. The lowest BCUT2D eigenvalue weighted by Gasteiger charge is -2.03. The molecule has 0 aromatic heterocycles. The van der Waals surface area contributed by atoms with E-state index in [1.165, 1.54) is 12.8 Å². The molecule has 0 amide bonds. The summed E-state index contributed by atoms with van der Waals surface area (Å²) in [6, 6.07) is 0. The van der Waals surface area contributed by atoms with Gasteiger partial charge in [0, 0.05) is 0 Å². The van der Waals surface area contributed by atoms with Gasteiger partial charge in [0.2, 0.25) is 0 Å². The van der Waals surface area contributed by atoms with Gasteiger partial charge in [0.15, 0.2) is 5.90 Å². The summed E-state index contributed by atoms with van der Waals surface area (Å²) in [5, 5.41) is 0. The molecule has 0 saturated carbocycles. The Hall–Kier alpha value is 0.260. The molecule has 88 valence electrons. The monoisotopic (exact) mass is 249 g/mol.